The van der Waals surface area contributed by atoms with Crippen molar-refractivity contribution in [3.05, 3.63) is 54.6 Å². The van der Waals surface area contributed by atoms with Crippen LogP contribution in [0.25, 0.3) is 11.1 Å². The van der Waals surface area contributed by atoms with Crippen molar-refractivity contribution >= 4 is 17.5 Å². The monoisotopic (exact) mass is 422 g/mol. The number of amides is 2. The molecule has 1 aliphatic rings. The average molecular weight is 423 g/mol. The molecule has 1 atom stereocenters. The number of para-hydroxylation sites is 1. The van der Waals surface area contributed by atoms with Gasteiger partial charge in [-0.25, -0.2) is 0 Å². The van der Waals surface area contributed by atoms with Crippen LogP contribution in [0.5, 0.6) is 0 Å². The van der Waals surface area contributed by atoms with E-state index in [-0.39, 0.29) is 17.9 Å². The van der Waals surface area contributed by atoms with E-state index in [1.165, 1.54) is 0 Å². The molecule has 0 radical (unpaired) electrons. The van der Waals surface area contributed by atoms with E-state index in [0.717, 1.165) is 62.4 Å². The van der Waals surface area contributed by atoms with Gasteiger partial charge in [0.05, 0.1) is 12.6 Å². The van der Waals surface area contributed by atoms with Crippen molar-refractivity contribution in [1.82, 2.24) is 15.1 Å². The molecular weight excluding hydrogens is 388 g/mol. The molecule has 0 aromatic heterocycles. The van der Waals surface area contributed by atoms with Crippen LogP contribution in [0.15, 0.2) is 54.6 Å². The number of piperazine rings is 1. The van der Waals surface area contributed by atoms with E-state index in [4.69, 9.17) is 0 Å². The fourth-order valence-electron chi connectivity index (χ4n) is 3.84. The molecule has 2 amide bonds. The number of nitrogens with zero attached hydrogens (tertiary/aromatic N) is 2. The molecule has 0 aliphatic carbocycles. The number of hydrogen-bond donors (Lipinski definition) is 2. The first-order chi connectivity index (χ1) is 15.1. The van der Waals surface area contributed by atoms with Crippen LogP contribution in [-0.2, 0) is 9.59 Å². The minimum atomic E-state index is -0.232. The highest BCUT2D eigenvalue weighted by molar-refractivity contribution is 5.98. The molecule has 6 heteroatoms. The van der Waals surface area contributed by atoms with Crippen molar-refractivity contribution in [1.29, 1.82) is 0 Å². The van der Waals surface area contributed by atoms with E-state index in [1.807, 2.05) is 61.5 Å². The molecule has 31 heavy (non-hydrogen) atoms. The van der Waals surface area contributed by atoms with Crippen molar-refractivity contribution in [2.45, 2.75) is 32.7 Å². The van der Waals surface area contributed by atoms with Gasteiger partial charge >= 0.3 is 0 Å². The van der Waals surface area contributed by atoms with Crippen LogP contribution >= 0.6 is 0 Å². The molecule has 0 unspecified atom stereocenters. The summed E-state index contributed by atoms with van der Waals surface area (Å²) < 4.78 is 0. The molecule has 0 saturated carbocycles. The van der Waals surface area contributed by atoms with Crippen LogP contribution in [0.1, 0.15) is 26.7 Å². The van der Waals surface area contributed by atoms with Gasteiger partial charge in [-0.15, -0.1) is 0 Å². The summed E-state index contributed by atoms with van der Waals surface area (Å²) in [5, 5.41) is 6.09. The first-order valence-electron chi connectivity index (χ1n) is 11.3. The summed E-state index contributed by atoms with van der Waals surface area (Å²) in [5.41, 5.74) is 2.92. The molecule has 0 bridgehead atoms. The lowest BCUT2D eigenvalue weighted by molar-refractivity contribution is -0.124. The van der Waals surface area contributed by atoms with E-state index in [0.29, 0.717) is 6.54 Å². The Morgan fingerprint density at radius 3 is 2.35 bits per heavy atom. The molecule has 2 aromatic carbocycles. The van der Waals surface area contributed by atoms with Crippen molar-refractivity contribution in [3.63, 3.8) is 0 Å². The molecule has 1 fully saturated rings. The lowest BCUT2D eigenvalue weighted by Crippen LogP contribution is -2.54. The number of hydrogen-bond acceptors (Lipinski definition) is 4. The van der Waals surface area contributed by atoms with Crippen molar-refractivity contribution in [2.24, 2.45) is 0 Å². The van der Waals surface area contributed by atoms with Gasteiger partial charge in [-0.3, -0.25) is 19.4 Å². The Bertz CT molecular complexity index is 848. The first kappa shape index (κ1) is 23.0. The largest absolute Gasteiger partial charge is 0.355 e. The van der Waals surface area contributed by atoms with Gasteiger partial charge in [-0.1, -0.05) is 61.9 Å². The Labute approximate surface area is 185 Å². The minimum absolute atomic E-state index is 0.00543. The number of nitrogens with one attached hydrogen (secondary N) is 2. The Hall–Kier alpha value is -2.70. The molecule has 6 nitrogen and oxygen atoms in total. The third kappa shape index (κ3) is 6.64. The number of benzene rings is 2. The third-order valence-corrected chi connectivity index (χ3v) is 5.82. The highest BCUT2D eigenvalue weighted by Gasteiger charge is 2.26. The zero-order valence-electron chi connectivity index (χ0n) is 18.6. The molecule has 3 rings (SSSR count). The Morgan fingerprint density at radius 2 is 1.65 bits per heavy atom. The van der Waals surface area contributed by atoms with Gasteiger partial charge in [0.15, 0.2) is 0 Å². The smallest absolute Gasteiger partial charge is 0.241 e. The predicted molar refractivity (Wildman–Crippen MR) is 126 cm³/mol. The summed E-state index contributed by atoms with van der Waals surface area (Å²) in [6.07, 6.45) is 2.09. The number of rotatable bonds is 9. The zero-order chi connectivity index (χ0) is 22.1. The molecule has 1 saturated heterocycles. The maximum absolute atomic E-state index is 13.0. The quantitative estimate of drug-likeness (QED) is 0.609. The van der Waals surface area contributed by atoms with Crippen LogP contribution < -0.4 is 10.6 Å². The predicted octanol–water partition coefficient (Wildman–Crippen LogP) is 3.21. The van der Waals surface area contributed by atoms with Crippen LogP contribution in [0.3, 0.4) is 0 Å². The van der Waals surface area contributed by atoms with E-state index in [9.17, 15) is 9.59 Å². The van der Waals surface area contributed by atoms with Crippen LogP contribution in [0, 0.1) is 0 Å². The minimum Gasteiger partial charge on any atom is -0.355 e. The molecular formula is C25H34N4O2. The fraction of sp³-hybridized carbons (Fsp3) is 0.440. The second-order valence-corrected chi connectivity index (χ2v) is 8.09. The lowest BCUT2D eigenvalue weighted by Gasteiger charge is -2.37. The summed E-state index contributed by atoms with van der Waals surface area (Å²) in [5.74, 6) is 0.0827. The third-order valence-electron chi connectivity index (χ3n) is 5.82. The van der Waals surface area contributed by atoms with Gasteiger partial charge in [-0.05, 0) is 25.0 Å². The summed E-state index contributed by atoms with van der Waals surface area (Å²) in [7, 11) is 0. The van der Waals surface area contributed by atoms with Crippen molar-refractivity contribution in [2.75, 3.05) is 44.6 Å². The van der Waals surface area contributed by atoms with E-state index in [2.05, 4.69) is 27.4 Å². The van der Waals surface area contributed by atoms with Crippen LogP contribution in [0.2, 0.25) is 0 Å². The lowest BCUT2D eigenvalue weighted by atomic mass is 10.0. The Kier molecular flexibility index (Phi) is 8.62. The average Bonchev–Trinajstić information content (AvgIpc) is 2.80. The van der Waals surface area contributed by atoms with Gasteiger partial charge in [0.25, 0.3) is 0 Å². The summed E-state index contributed by atoms with van der Waals surface area (Å²) >= 11 is 0. The van der Waals surface area contributed by atoms with Gasteiger partial charge in [-0.2, -0.15) is 0 Å². The van der Waals surface area contributed by atoms with Crippen molar-refractivity contribution < 1.29 is 9.59 Å². The van der Waals surface area contributed by atoms with E-state index < -0.39 is 0 Å². The number of carbonyl (C=O) groups excluding carboxylic acids is 2. The van der Waals surface area contributed by atoms with Crippen LogP contribution in [-0.4, -0.2) is 66.9 Å². The molecule has 1 heterocycles. The van der Waals surface area contributed by atoms with Gasteiger partial charge in [0, 0.05) is 44.0 Å². The maximum Gasteiger partial charge on any atom is 0.241 e. The molecule has 166 valence electrons. The van der Waals surface area contributed by atoms with Gasteiger partial charge in [0.2, 0.25) is 11.8 Å². The second kappa shape index (κ2) is 11.6. The summed E-state index contributed by atoms with van der Waals surface area (Å²) in [6.45, 7) is 8.38. The normalized spacial score (nSPS) is 15.9. The number of carbonyl (C=O) groups is 2. The first-order valence-corrected chi connectivity index (χ1v) is 11.3. The Balaban J connectivity index is 1.51. The summed E-state index contributed by atoms with van der Waals surface area (Å²) in [6, 6.07) is 17.8. The Morgan fingerprint density at radius 1 is 0.968 bits per heavy atom. The zero-order valence-corrected chi connectivity index (χ0v) is 18.6. The number of unbranched alkanes of at least 4 members (excludes halogenated alkanes) is 1. The van der Waals surface area contributed by atoms with Crippen LogP contribution in [0.4, 0.5) is 5.69 Å². The van der Waals surface area contributed by atoms with Gasteiger partial charge < -0.3 is 10.6 Å². The number of anilines is 1. The standard InChI is InChI=1S/C25H34N4O2/c1-3-4-14-26-24(30)19-28-15-17-29(18-16-28)20(2)25(31)27-23-13-9-8-12-22(23)21-10-6-5-7-11-21/h5-13,20H,3-4,14-19H2,1-2H3,(H,26,30)(H,27,31)/t20-/m0/s1. The second-order valence-electron chi connectivity index (χ2n) is 8.09. The molecule has 1 aliphatic heterocycles. The SMILES string of the molecule is CCCCNC(=O)CN1CCN([C@@H](C)C(=O)Nc2ccccc2-c2ccccc2)CC1. The molecule has 0 spiro atoms. The van der Waals surface area contributed by atoms with E-state index in [1.54, 1.807) is 0 Å². The molecule has 2 N–H and O–H groups in total. The summed E-state index contributed by atoms with van der Waals surface area (Å²) in [4.78, 5) is 29.3. The molecule has 2 aromatic rings. The maximum atomic E-state index is 13.0. The topological polar surface area (TPSA) is 64.7 Å². The van der Waals surface area contributed by atoms with E-state index >= 15 is 0 Å². The van der Waals surface area contributed by atoms with Gasteiger partial charge in [0.1, 0.15) is 0 Å². The van der Waals surface area contributed by atoms with Crippen molar-refractivity contribution in [3.8, 4) is 11.1 Å². The highest BCUT2D eigenvalue weighted by atomic mass is 16.2. The highest BCUT2D eigenvalue weighted by Crippen LogP contribution is 2.27. The fourth-order valence-corrected chi connectivity index (χ4v) is 3.84.